The number of fused-ring (bicyclic) bond motifs is 18. The van der Waals surface area contributed by atoms with E-state index >= 15 is 0 Å². The summed E-state index contributed by atoms with van der Waals surface area (Å²) in [7, 11) is 0. The first-order valence-corrected chi connectivity index (χ1v) is 45.7. The molecule has 7 N–H and O–H groups in total. The fraction of sp³-hybridized carbons (Fsp3) is 0.204. The molecule has 712 valence electrons. The van der Waals surface area contributed by atoms with Crippen LogP contribution in [0.3, 0.4) is 0 Å². The van der Waals surface area contributed by atoms with E-state index in [4.69, 9.17) is 49.3 Å². The highest BCUT2D eigenvalue weighted by molar-refractivity contribution is 6.15. The highest BCUT2D eigenvalue weighted by atomic mass is 16.5. The minimum Gasteiger partial charge on any atom is -0.464 e. The molecule has 0 spiro atoms. The number of hydrogen-bond donors (Lipinski definition) is 7. The van der Waals surface area contributed by atoms with Crippen LogP contribution in [0, 0.1) is 0 Å². The van der Waals surface area contributed by atoms with E-state index < -0.39 is 41.4 Å². The Hall–Kier alpha value is -18.7. The van der Waals surface area contributed by atoms with Crippen LogP contribution >= 0.6 is 0 Å². The molecule has 0 bridgehead atoms. The molecule has 7 aliphatic heterocycles. The van der Waals surface area contributed by atoms with Crippen LogP contribution in [0.25, 0.3) is 153 Å². The molecule has 40 heteroatoms. The first kappa shape index (κ1) is 89.5. The number of nitrogens with one attached hydrogen (secondary N) is 7. The molecule has 7 fully saturated rings. The van der Waals surface area contributed by atoms with E-state index in [9.17, 15) is 67.1 Å². The minimum absolute atomic E-state index is 0.228. The Morgan fingerprint density at radius 3 is 0.825 bits per heavy atom. The lowest BCUT2D eigenvalue weighted by atomic mass is 9.91. The highest BCUT2D eigenvalue weighted by Gasteiger charge is 2.40. The molecule has 0 unspecified atom stereocenters. The van der Waals surface area contributed by atoms with Gasteiger partial charge in [-0.3, -0.25) is 109 Å². The van der Waals surface area contributed by atoms with Crippen molar-refractivity contribution >= 4 is 236 Å². The molecule has 143 heavy (non-hydrogen) atoms. The van der Waals surface area contributed by atoms with Gasteiger partial charge >= 0.3 is 0 Å². The zero-order valence-electron chi connectivity index (χ0n) is 74.8. The highest BCUT2D eigenvalue weighted by Crippen LogP contribution is 2.43. The van der Waals surface area contributed by atoms with Gasteiger partial charge in [-0.15, -0.1) is 0 Å². The fourth-order valence-electron chi connectivity index (χ4n) is 19.2. The van der Waals surface area contributed by atoms with Gasteiger partial charge in [0.1, 0.15) is 62.2 Å². The maximum Gasteiger partial charge on any atom is 0.235 e. The molecule has 0 saturated carbocycles. The SMILES string of the molecule is O=C1CC[C@@H](c2noc3cc4ncccc4cc23)C(=O)N1.O=C1CC[C@@H](c2noc3cc4occc4cc23)C(=O)N1.O=C1CC[C@@H](c2noc3ccc4ccccc4c23)C(=O)N1.O=C1CC[C@@H](c2noc3ccc4ccoc4c23)C(=O)N1.O=C1CC[C@H](c2noc3cc4occc4cc23)C(=O)N1.O=C1CC[C@H](c2noc3ccc4ccccc4c23)C(=O)N1.O=C1CC[C@H](c2noc3ccc4ccoc4c23)C(=O)N1. The van der Waals surface area contributed by atoms with Crippen molar-refractivity contribution < 1.29 is 116 Å². The molecule has 28 rings (SSSR count). The van der Waals surface area contributed by atoms with Crippen LogP contribution in [0.4, 0.5) is 0 Å². The van der Waals surface area contributed by atoms with Crippen molar-refractivity contribution in [1.82, 2.24) is 78.3 Å². The van der Waals surface area contributed by atoms with Crippen molar-refractivity contribution in [1.29, 1.82) is 0 Å². The Morgan fingerprint density at radius 1 is 0.217 bits per heavy atom. The molecular formula is C103H75N15O25. The quantitative estimate of drug-likeness (QED) is 0.0729. The van der Waals surface area contributed by atoms with E-state index in [1.54, 1.807) is 55.5 Å². The Morgan fingerprint density at radius 2 is 0.483 bits per heavy atom. The van der Waals surface area contributed by atoms with Gasteiger partial charge in [-0.2, -0.15) is 0 Å². The van der Waals surface area contributed by atoms with Crippen molar-refractivity contribution in [2.45, 2.75) is 131 Å². The number of rotatable bonds is 7. The van der Waals surface area contributed by atoms with E-state index in [1.807, 2.05) is 146 Å². The molecular weight excluding hydrogens is 1850 g/mol. The number of piperidine rings is 7. The predicted molar refractivity (Wildman–Crippen MR) is 503 cm³/mol. The molecule has 7 atom stereocenters. The summed E-state index contributed by atoms with van der Waals surface area (Å²) in [6, 6.07) is 53.1. The average molecular weight is 1920 g/mol. The Bertz CT molecular complexity index is 8430. The van der Waals surface area contributed by atoms with E-state index in [0.717, 1.165) is 80.9 Å². The number of benzene rings is 9. The van der Waals surface area contributed by atoms with Gasteiger partial charge in [-0.1, -0.05) is 103 Å². The number of pyridine rings is 1. The molecule has 0 radical (unpaired) electrons. The lowest BCUT2D eigenvalue weighted by Crippen LogP contribution is -2.39. The smallest absolute Gasteiger partial charge is 0.235 e. The first-order valence-electron chi connectivity index (χ1n) is 45.7. The molecule has 19 heterocycles. The fourth-order valence-corrected chi connectivity index (χ4v) is 19.2. The molecule has 9 aromatic carbocycles. The van der Waals surface area contributed by atoms with Crippen molar-refractivity contribution in [3.8, 4) is 0 Å². The number of carbonyl (C=O) groups is 14. The second-order valence-corrected chi connectivity index (χ2v) is 35.0. The Balaban J connectivity index is 0.0000000954. The van der Waals surface area contributed by atoms with Gasteiger partial charge in [0.05, 0.1) is 93.5 Å². The van der Waals surface area contributed by atoms with Crippen molar-refractivity contribution in [2.24, 2.45) is 0 Å². The third-order valence-corrected chi connectivity index (χ3v) is 26.3. The summed E-state index contributed by atoms with van der Waals surface area (Å²) in [6.07, 6.45) is 13.5. The Kier molecular flexibility index (Phi) is 23.4. The van der Waals surface area contributed by atoms with E-state index in [2.05, 4.69) is 78.3 Å². The third kappa shape index (κ3) is 17.3. The van der Waals surface area contributed by atoms with Crippen LogP contribution in [0.2, 0.25) is 0 Å². The summed E-state index contributed by atoms with van der Waals surface area (Å²) in [5.41, 5.74) is 11.8. The predicted octanol–water partition coefficient (Wildman–Crippen LogP) is 15.3. The summed E-state index contributed by atoms with van der Waals surface area (Å²) < 4.78 is 58.8. The lowest BCUT2D eigenvalue weighted by Gasteiger charge is -2.19. The molecule has 12 aromatic heterocycles. The van der Waals surface area contributed by atoms with Gasteiger partial charge < -0.3 is 49.3 Å². The summed E-state index contributed by atoms with van der Waals surface area (Å²) in [4.78, 5) is 167. The molecule has 7 saturated heterocycles. The zero-order chi connectivity index (χ0) is 98.0. The first-order chi connectivity index (χ1) is 69.6. The number of aromatic nitrogens is 8. The maximum atomic E-state index is 12.1. The zero-order valence-corrected chi connectivity index (χ0v) is 74.8. The largest absolute Gasteiger partial charge is 0.464 e. The second-order valence-electron chi connectivity index (χ2n) is 35.0. The molecule has 7 aliphatic rings. The number of furan rings is 4. The van der Waals surface area contributed by atoms with E-state index in [-0.39, 0.29) is 82.7 Å². The van der Waals surface area contributed by atoms with Gasteiger partial charge in [-0.05, 0) is 151 Å². The number of carbonyl (C=O) groups excluding carboxylic acids is 14. The van der Waals surface area contributed by atoms with Crippen LogP contribution in [0.15, 0.2) is 250 Å². The standard InChI is InChI=1S/2C16H12N2O3.C15H11N3O3.4C14H10N2O4/c2*19-13-8-6-11(16(20)17-13)15-14-10-4-2-1-3-9(10)5-7-12(14)21-18-15;19-13-4-3-9(15(20)17-13)14-10-6-8-2-1-5-16-11(8)7-12(10)21-18-14;2*17-10-4-2-8(14(18)15-10)12-11-9(20-16-12)3-1-7-5-6-19-13(7)11;2*17-12-2-1-8(14(18)15-12)13-9-5-7-3-4-19-10(7)6-11(9)20-16-13/h2*1-5,7,11H,6,8H2,(H,17,19,20);1-2,5-7,9H,3-4H2,(H,17,19,20);2*1,3,5-6,8H,2,4H2,(H,15,17,18);2*3-6,8H,1-2H2,(H,15,17,18)/t2*11-;9-;4*8-/m1001010/s1. The molecule has 0 aliphatic carbocycles. The molecule has 21 aromatic rings. The topological polar surface area (TPSA) is 571 Å². The van der Waals surface area contributed by atoms with Crippen molar-refractivity contribution in [3.05, 3.63) is 241 Å². The summed E-state index contributed by atoms with van der Waals surface area (Å²) >= 11 is 0. The van der Waals surface area contributed by atoms with Crippen molar-refractivity contribution in [3.63, 3.8) is 0 Å². The van der Waals surface area contributed by atoms with Gasteiger partial charge in [0, 0.05) is 112 Å². The van der Waals surface area contributed by atoms with E-state index in [1.165, 1.54) is 0 Å². The third-order valence-electron chi connectivity index (χ3n) is 26.3. The van der Waals surface area contributed by atoms with Gasteiger partial charge in [0.25, 0.3) is 0 Å². The maximum absolute atomic E-state index is 12.1. The number of amides is 14. The van der Waals surface area contributed by atoms with Gasteiger partial charge in [-0.25, -0.2) is 0 Å². The summed E-state index contributed by atoms with van der Waals surface area (Å²) in [5, 5.41) is 59.1. The number of nitrogens with zero attached hydrogens (tertiary/aromatic N) is 8. The van der Waals surface area contributed by atoms with Crippen LogP contribution in [0.5, 0.6) is 0 Å². The van der Waals surface area contributed by atoms with Crippen LogP contribution < -0.4 is 37.2 Å². The van der Waals surface area contributed by atoms with Crippen molar-refractivity contribution in [2.75, 3.05) is 0 Å². The minimum atomic E-state index is -0.482. The molecule has 40 nitrogen and oxygen atoms in total. The van der Waals surface area contributed by atoms with Gasteiger partial charge in [0.15, 0.2) is 39.1 Å². The number of imide groups is 7. The normalized spacial score (nSPS) is 19.5. The van der Waals surface area contributed by atoms with Crippen LogP contribution in [0.1, 0.15) is 171 Å². The van der Waals surface area contributed by atoms with Gasteiger partial charge in [0.2, 0.25) is 82.7 Å². The Labute approximate surface area is 798 Å². The van der Waals surface area contributed by atoms with E-state index in [0.29, 0.717) is 202 Å². The lowest BCUT2D eigenvalue weighted by molar-refractivity contribution is -0.136. The number of hydrogen-bond acceptors (Lipinski definition) is 33. The monoisotopic (exact) mass is 1920 g/mol. The summed E-state index contributed by atoms with van der Waals surface area (Å²) in [5.74, 6) is -7.05. The average Bonchev–Trinajstić information content (AvgIpc) is 1.64. The van der Waals surface area contributed by atoms with Crippen LogP contribution in [-0.4, -0.2) is 124 Å². The molecule has 14 amide bonds. The summed E-state index contributed by atoms with van der Waals surface area (Å²) in [6.45, 7) is 0. The second kappa shape index (κ2) is 37.3. The van der Waals surface area contributed by atoms with Crippen LogP contribution in [-0.2, 0) is 67.1 Å².